The Labute approximate surface area is 378 Å². The number of carboxylic acid groups (broad SMARTS) is 1. The van der Waals surface area contributed by atoms with E-state index >= 15 is 0 Å². The fourth-order valence-electron chi connectivity index (χ4n) is 8.59. The zero-order chi connectivity index (χ0) is 46.0. The summed E-state index contributed by atoms with van der Waals surface area (Å²) < 4.78 is 45.5. The summed E-state index contributed by atoms with van der Waals surface area (Å²) in [4.78, 5) is 66.9. The third-order valence-electron chi connectivity index (χ3n) is 12.4. The smallest absolute Gasteiger partial charge is 0.408 e. The number of carbonyl (C=O) groups is 4. The Balaban J connectivity index is 1.19. The molecule has 17 nitrogen and oxygen atoms in total. The Hall–Kier alpha value is -5.01. The Morgan fingerprint density at radius 1 is 1.08 bits per heavy atom. The van der Waals surface area contributed by atoms with Gasteiger partial charge in [-0.1, -0.05) is 45.8 Å². The van der Waals surface area contributed by atoms with Crippen LogP contribution >= 0.6 is 11.3 Å². The first-order valence-electron chi connectivity index (χ1n) is 22.2. The number of hydrogen-bond acceptors (Lipinski definition) is 13. The first kappa shape index (κ1) is 47.0. The van der Waals surface area contributed by atoms with E-state index in [-0.39, 0.29) is 44.1 Å². The van der Waals surface area contributed by atoms with Gasteiger partial charge in [-0.05, 0) is 64.5 Å². The molecule has 1 aliphatic carbocycles. The summed E-state index contributed by atoms with van der Waals surface area (Å²) in [6.45, 7) is 9.87. The van der Waals surface area contributed by atoms with E-state index in [1.807, 2.05) is 58.2 Å². The van der Waals surface area contributed by atoms with Gasteiger partial charge in [-0.25, -0.2) is 28.0 Å². The predicted molar refractivity (Wildman–Crippen MR) is 243 cm³/mol. The van der Waals surface area contributed by atoms with Gasteiger partial charge in [-0.2, -0.15) is 4.31 Å². The zero-order valence-electron chi connectivity index (χ0n) is 37.4. The maximum Gasteiger partial charge on any atom is 0.408 e. The molecule has 3 aromatic rings. The molecular weight excluding hydrogens is 863 g/mol. The van der Waals surface area contributed by atoms with E-state index in [0.717, 1.165) is 18.0 Å². The lowest BCUT2D eigenvalue weighted by Gasteiger charge is -2.36. The highest BCUT2D eigenvalue weighted by Gasteiger charge is 2.61. The first-order valence-corrected chi connectivity index (χ1v) is 24.7. The van der Waals surface area contributed by atoms with Gasteiger partial charge < -0.3 is 40.2 Å². The van der Waals surface area contributed by atoms with Crippen LogP contribution in [-0.4, -0.2) is 125 Å². The zero-order valence-corrected chi connectivity index (χ0v) is 39.1. The molecule has 3 aliphatic heterocycles. The van der Waals surface area contributed by atoms with E-state index in [1.165, 1.54) is 20.5 Å². The number of anilines is 1. The standard InChI is InChI=1S/C45H61N7O10S2/c1-27(2)46-42-48-35(26-63-42)34-22-37(31-17-16-29(60-6)20-33(31)47-34)61-30-21-36-39(53)50-45(41(55)56)23-28(45)14-10-8-7-9-11-15-32(40(54)52(36)24-30)49-43(57)62-38(44(3,4)5)25-51-18-12-13-19-64(51,58)59/h10,14,16-17,20,22,26-28,30,32,36,38H,7-9,11-13,15,18-19,21,23-25H2,1-6H3,(H,46,48)(H,49,57)(H,50,53)(H,55,56)/b14-10-/t28?,30-,32+,36+,38-,45-/m1/s1. The number of amides is 3. The van der Waals surface area contributed by atoms with Crippen molar-refractivity contribution < 1.29 is 46.9 Å². The molecular formula is C45H61N7O10S2. The number of ether oxygens (including phenoxy) is 3. The maximum atomic E-state index is 14.9. The molecule has 1 unspecified atom stereocenters. The van der Waals surface area contributed by atoms with Crippen molar-refractivity contribution in [3.63, 3.8) is 0 Å². The summed E-state index contributed by atoms with van der Waals surface area (Å²) in [7, 11) is -1.95. The summed E-state index contributed by atoms with van der Waals surface area (Å²) in [5.74, 6) is -1.69. The number of methoxy groups -OCH3 is 1. The molecule has 2 saturated heterocycles. The van der Waals surface area contributed by atoms with Crippen LogP contribution < -0.4 is 25.4 Å². The minimum Gasteiger partial charge on any atom is -0.497 e. The molecule has 64 heavy (non-hydrogen) atoms. The van der Waals surface area contributed by atoms with Crippen molar-refractivity contribution in [3.8, 4) is 22.9 Å². The molecule has 3 fully saturated rings. The van der Waals surface area contributed by atoms with Crippen LogP contribution in [0.25, 0.3) is 22.3 Å². The Bertz CT molecular complexity index is 2370. The molecule has 0 radical (unpaired) electrons. The molecule has 4 N–H and O–H groups in total. The molecule has 4 aliphatic rings. The van der Waals surface area contributed by atoms with Crippen LogP contribution in [0.3, 0.4) is 0 Å². The highest BCUT2D eigenvalue weighted by Crippen LogP contribution is 2.46. The molecule has 6 atom stereocenters. The number of benzene rings is 1. The lowest BCUT2D eigenvalue weighted by atomic mass is 9.89. The van der Waals surface area contributed by atoms with Gasteiger partial charge in [0.1, 0.15) is 47.0 Å². The maximum absolute atomic E-state index is 14.9. The number of rotatable bonds is 11. The lowest BCUT2D eigenvalue weighted by Crippen LogP contribution is -2.57. The third-order valence-corrected chi connectivity index (χ3v) is 15.1. The lowest BCUT2D eigenvalue weighted by molar-refractivity contribution is -0.145. The fourth-order valence-corrected chi connectivity index (χ4v) is 11.0. The van der Waals surface area contributed by atoms with Crippen LogP contribution in [0, 0.1) is 11.3 Å². The molecule has 0 bridgehead atoms. The Morgan fingerprint density at radius 2 is 1.88 bits per heavy atom. The molecule has 348 valence electrons. The van der Waals surface area contributed by atoms with Gasteiger partial charge in [0, 0.05) is 53.2 Å². The molecule has 1 saturated carbocycles. The summed E-state index contributed by atoms with van der Waals surface area (Å²) in [5.41, 5.74) is -0.433. The van der Waals surface area contributed by atoms with Gasteiger partial charge in [0.15, 0.2) is 5.13 Å². The second-order valence-electron chi connectivity index (χ2n) is 18.7. The monoisotopic (exact) mass is 923 g/mol. The number of aromatic nitrogens is 2. The number of thiazole rings is 1. The highest BCUT2D eigenvalue weighted by molar-refractivity contribution is 7.89. The van der Waals surface area contributed by atoms with Crippen molar-refractivity contribution >= 4 is 61.3 Å². The second-order valence-corrected chi connectivity index (χ2v) is 21.6. The third kappa shape index (κ3) is 10.7. The van der Waals surface area contributed by atoms with Crippen LogP contribution in [0.15, 0.2) is 41.8 Å². The van der Waals surface area contributed by atoms with Crippen molar-refractivity contribution in [2.45, 2.75) is 128 Å². The topological polar surface area (TPSA) is 219 Å². The van der Waals surface area contributed by atoms with Crippen LogP contribution in [0.5, 0.6) is 11.5 Å². The van der Waals surface area contributed by atoms with Crippen LogP contribution in [0.2, 0.25) is 0 Å². The molecule has 1 aromatic carbocycles. The highest BCUT2D eigenvalue weighted by atomic mass is 32.2. The van der Waals surface area contributed by atoms with E-state index in [1.54, 1.807) is 25.3 Å². The summed E-state index contributed by atoms with van der Waals surface area (Å²) >= 11 is 1.45. The SMILES string of the molecule is COc1ccc2c(O[C@@H]3C[C@H]4C(=O)N[C@]5(C(=O)O)CC5/C=C\CCCCC[C@H](NC(=O)O[C@H](CN5CCCCS5(=O)=O)C(C)(C)C)C(=O)N4C3)cc(-c3csc(NC(C)C)n3)nc2c1. The van der Waals surface area contributed by atoms with Gasteiger partial charge in [0.25, 0.3) is 0 Å². The quantitative estimate of drug-likeness (QED) is 0.164. The van der Waals surface area contributed by atoms with Crippen molar-refractivity contribution in [1.82, 2.24) is 29.8 Å². The second kappa shape index (κ2) is 19.2. The molecule has 3 amide bonds. The van der Waals surface area contributed by atoms with Crippen molar-refractivity contribution in [3.05, 3.63) is 41.8 Å². The van der Waals surface area contributed by atoms with E-state index in [0.29, 0.717) is 66.0 Å². The number of sulfonamides is 1. The number of nitrogens with one attached hydrogen (secondary N) is 3. The number of pyridine rings is 1. The number of allylic oxidation sites excluding steroid dienone is 1. The van der Waals surface area contributed by atoms with E-state index < -0.39 is 75.1 Å². The number of carboxylic acids is 1. The van der Waals surface area contributed by atoms with Gasteiger partial charge in [0.2, 0.25) is 21.8 Å². The minimum absolute atomic E-state index is 0.0236. The minimum atomic E-state index is -3.52. The van der Waals surface area contributed by atoms with Crippen molar-refractivity contribution in [2.75, 3.05) is 37.8 Å². The van der Waals surface area contributed by atoms with E-state index in [9.17, 15) is 32.7 Å². The predicted octanol–water partition coefficient (Wildman–Crippen LogP) is 5.95. The van der Waals surface area contributed by atoms with E-state index in [4.69, 9.17) is 24.2 Å². The van der Waals surface area contributed by atoms with Crippen molar-refractivity contribution in [1.29, 1.82) is 0 Å². The van der Waals surface area contributed by atoms with Crippen LogP contribution in [0.1, 0.15) is 92.4 Å². The molecule has 0 spiro atoms. The Kier molecular flexibility index (Phi) is 14.1. The van der Waals surface area contributed by atoms with Gasteiger partial charge in [0.05, 0.1) is 37.2 Å². The number of carbonyl (C=O) groups excluding carboxylic acids is 3. The largest absolute Gasteiger partial charge is 0.497 e. The van der Waals surface area contributed by atoms with Gasteiger partial charge in [-0.15, -0.1) is 11.3 Å². The van der Waals surface area contributed by atoms with Crippen molar-refractivity contribution in [2.24, 2.45) is 11.3 Å². The fraction of sp³-hybridized carbons (Fsp3) is 0.600. The molecule has 7 rings (SSSR count). The Morgan fingerprint density at radius 3 is 2.59 bits per heavy atom. The first-order chi connectivity index (χ1) is 30.4. The van der Waals surface area contributed by atoms with E-state index in [2.05, 4.69) is 16.0 Å². The summed E-state index contributed by atoms with van der Waals surface area (Å²) in [5, 5.41) is 22.6. The van der Waals surface area contributed by atoms with Crippen LogP contribution in [-0.2, 0) is 29.1 Å². The summed E-state index contributed by atoms with van der Waals surface area (Å²) in [6.07, 6.45) is 5.81. The molecule has 5 heterocycles. The van der Waals surface area contributed by atoms with Crippen LogP contribution in [0.4, 0.5) is 9.93 Å². The normalized spacial score (nSPS) is 26.4. The molecule has 19 heteroatoms. The average molecular weight is 924 g/mol. The number of aliphatic carboxylic acids is 1. The van der Waals surface area contributed by atoms with Gasteiger partial charge in [-0.3, -0.25) is 9.59 Å². The van der Waals surface area contributed by atoms with Gasteiger partial charge >= 0.3 is 12.1 Å². The molecule has 2 aromatic heterocycles. The number of alkyl carbamates (subject to hydrolysis) is 1. The number of nitrogens with zero attached hydrogens (tertiary/aromatic N) is 4. The number of hydrogen-bond donors (Lipinski definition) is 4. The summed E-state index contributed by atoms with van der Waals surface area (Å²) in [6, 6.07) is 5.08. The number of fused-ring (bicyclic) bond motifs is 3. The average Bonchev–Trinajstić information content (AvgIpc) is 3.49.